The first-order valence-electron chi connectivity index (χ1n) is 6.78. The molecule has 3 rings (SSSR count). The minimum Gasteiger partial charge on any atom is -0.461 e. The molecule has 6 nitrogen and oxygen atoms in total. The smallest absolute Gasteiger partial charge is 0.360 e. The third-order valence-electron chi connectivity index (χ3n) is 3.52. The van der Waals surface area contributed by atoms with Gasteiger partial charge in [-0.15, -0.1) is 0 Å². The third kappa shape index (κ3) is 2.73. The highest BCUT2D eigenvalue weighted by molar-refractivity contribution is 5.87. The van der Waals surface area contributed by atoms with Gasteiger partial charge in [0.2, 0.25) is 0 Å². The molecule has 0 radical (unpaired) electrons. The van der Waals surface area contributed by atoms with Crippen molar-refractivity contribution in [1.29, 1.82) is 0 Å². The van der Waals surface area contributed by atoms with E-state index >= 15 is 0 Å². The van der Waals surface area contributed by atoms with Crippen molar-refractivity contribution in [3.8, 4) is 0 Å². The number of esters is 1. The third-order valence-corrected chi connectivity index (χ3v) is 3.52. The summed E-state index contributed by atoms with van der Waals surface area (Å²) in [5, 5.41) is 3.22. The van der Waals surface area contributed by atoms with Crippen molar-refractivity contribution in [3.05, 3.63) is 12.0 Å². The Morgan fingerprint density at radius 3 is 3.11 bits per heavy atom. The number of nitrogens with zero attached hydrogens (tertiary/aromatic N) is 1. The number of carbonyl (C=O) groups excluding carboxylic acids is 1. The van der Waals surface area contributed by atoms with Gasteiger partial charge in [0.1, 0.15) is 6.26 Å². The molecule has 2 fully saturated rings. The van der Waals surface area contributed by atoms with Gasteiger partial charge in [0.25, 0.3) is 6.01 Å². The van der Waals surface area contributed by atoms with Gasteiger partial charge in [-0.2, -0.15) is 4.98 Å². The largest absolute Gasteiger partial charge is 0.461 e. The first kappa shape index (κ1) is 12.5. The molecule has 0 bridgehead atoms. The van der Waals surface area contributed by atoms with E-state index in [1.807, 2.05) is 0 Å². The molecule has 1 aromatic heterocycles. The summed E-state index contributed by atoms with van der Waals surface area (Å²) in [5.74, 6) is 0.209. The van der Waals surface area contributed by atoms with Gasteiger partial charge < -0.3 is 19.2 Å². The number of rotatable bonds is 5. The van der Waals surface area contributed by atoms with Crippen LogP contribution in [0.1, 0.15) is 36.7 Å². The molecule has 2 unspecified atom stereocenters. The predicted molar refractivity (Wildman–Crippen MR) is 67.0 cm³/mol. The molecule has 19 heavy (non-hydrogen) atoms. The lowest BCUT2D eigenvalue weighted by Gasteiger charge is -2.17. The quantitative estimate of drug-likeness (QED) is 0.820. The van der Waals surface area contributed by atoms with Gasteiger partial charge in [0.15, 0.2) is 5.69 Å². The zero-order chi connectivity index (χ0) is 13.2. The van der Waals surface area contributed by atoms with E-state index in [2.05, 4.69) is 10.3 Å². The molecule has 0 aromatic carbocycles. The minimum atomic E-state index is -0.458. The summed E-state index contributed by atoms with van der Waals surface area (Å²) in [4.78, 5) is 15.6. The number of hydrogen-bond acceptors (Lipinski definition) is 6. The number of oxazole rings is 1. The zero-order valence-electron chi connectivity index (χ0n) is 10.9. The van der Waals surface area contributed by atoms with Crippen LogP contribution in [0.25, 0.3) is 0 Å². The van der Waals surface area contributed by atoms with Crippen LogP contribution in [0.15, 0.2) is 10.7 Å². The Morgan fingerprint density at radius 2 is 2.37 bits per heavy atom. The van der Waals surface area contributed by atoms with E-state index in [-0.39, 0.29) is 17.8 Å². The fourth-order valence-corrected chi connectivity index (χ4v) is 2.45. The maximum atomic E-state index is 11.5. The maximum absolute atomic E-state index is 11.5. The van der Waals surface area contributed by atoms with Crippen LogP contribution in [0.4, 0.5) is 6.01 Å². The highest BCUT2D eigenvalue weighted by Crippen LogP contribution is 2.39. The Hall–Kier alpha value is -1.56. The topological polar surface area (TPSA) is 73.6 Å². The molecule has 1 saturated carbocycles. The van der Waals surface area contributed by atoms with Crippen LogP contribution in [-0.2, 0) is 9.47 Å². The molecular weight excluding hydrogens is 248 g/mol. The summed E-state index contributed by atoms with van der Waals surface area (Å²) < 4.78 is 15.9. The van der Waals surface area contributed by atoms with E-state index in [4.69, 9.17) is 13.9 Å². The van der Waals surface area contributed by atoms with E-state index in [0.717, 1.165) is 13.0 Å². The van der Waals surface area contributed by atoms with Gasteiger partial charge in [0.05, 0.1) is 18.8 Å². The number of hydrogen-bond donors (Lipinski definition) is 1. The zero-order valence-corrected chi connectivity index (χ0v) is 10.9. The van der Waals surface area contributed by atoms with Gasteiger partial charge >= 0.3 is 5.97 Å². The Kier molecular flexibility index (Phi) is 3.42. The highest BCUT2D eigenvalue weighted by Gasteiger charge is 2.41. The summed E-state index contributed by atoms with van der Waals surface area (Å²) >= 11 is 0. The van der Waals surface area contributed by atoms with Crippen molar-refractivity contribution >= 4 is 12.0 Å². The lowest BCUT2D eigenvalue weighted by molar-refractivity contribution is 0.0519. The molecule has 104 valence electrons. The van der Waals surface area contributed by atoms with Crippen molar-refractivity contribution in [1.82, 2.24) is 4.98 Å². The fourth-order valence-electron chi connectivity index (χ4n) is 2.45. The van der Waals surface area contributed by atoms with Crippen molar-refractivity contribution in [2.24, 2.45) is 5.92 Å². The lowest BCUT2D eigenvalue weighted by Crippen LogP contribution is -2.31. The second-order valence-electron chi connectivity index (χ2n) is 4.97. The number of carbonyl (C=O) groups is 1. The number of nitrogens with one attached hydrogen (secondary N) is 1. The average molecular weight is 266 g/mol. The van der Waals surface area contributed by atoms with Crippen molar-refractivity contribution in [2.75, 3.05) is 18.5 Å². The number of ether oxygens (including phenoxy) is 2. The molecule has 2 atom stereocenters. The standard InChI is InChI=1S/C13H18N2O4/c1-2-17-12(16)10-7-19-13(15-10)14-9-5-6-18-11(9)8-3-4-8/h7-9,11H,2-6H2,1H3,(H,14,15). The molecule has 1 aliphatic carbocycles. The second kappa shape index (κ2) is 5.21. The van der Waals surface area contributed by atoms with E-state index < -0.39 is 5.97 Å². The van der Waals surface area contributed by atoms with Crippen LogP contribution in [0.2, 0.25) is 0 Å². The fraction of sp³-hybridized carbons (Fsp3) is 0.692. The van der Waals surface area contributed by atoms with Crippen LogP contribution < -0.4 is 5.32 Å². The molecule has 0 amide bonds. The number of anilines is 1. The second-order valence-corrected chi connectivity index (χ2v) is 4.97. The molecule has 1 N–H and O–H groups in total. The first-order chi connectivity index (χ1) is 9.28. The van der Waals surface area contributed by atoms with Crippen molar-refractivity contribution < 1.29 is 18.7 Å². The van der Waals surface area contributed by atoms with E-state index in [0.29, 0.717) is 18.5 Å². The molecule has 1 aliphatic heterocycles. The maximum Gasteiger partial charge on any atom is 0.360 e. The van der Waals surface area contributed by atoms with Crippen LogP contribution >= 0.6 is 0 Å². The van der Waals surface area contributed by atoms with E-state index in [9.17, 15) is 4.79 Å². The first-order valence-corrected chi connectivity index (χ1v) is 6.78. The molecule has 2 aliphatic rings. The normalized spacial score (nSPS) is 26.4. The van der Waals surface area contributed by atoms with E-state index in [1.165, 1.54) is 19.1 Å². The summed E-state index contributed by atoms with van der Waals surface area (Å²) in [6.07, 6.45) is 4.99. The SMILES string of the molecule is CCOC(=O)c1coc(NC2CCOC2C2CC2)n1. The highest BCUT2D eigenvalue weighted by atomic mass is 16.5. The summed E-state index contributed by atoms with van der Waals surface area (Å²) in [7, 11) is 0. The molecule has 1 aromatic rings. The van der Waals surface area contributed by atoms with Gasteiger partial charge in [0, 0.05) is 6.61 Å². The van der Waals surface area contributed by atoms with Gasteiger partial charge in [-0.3, -0.25) is 0 Å². The summed E-state index contributed by atoms with van der Waals surface area (Å²) in [5.41, 5.74) is 0.200. The van der Waals surface area contributed by atoms with Gasteiger partial charge in [-0.25, -0.2) is 4.79 Å². The molecule has 2 heterocycles. The number of aromatic nitrogens is 1. The lowest BCUT2D eigenvalue weighted by atomic mass is 10.1. The minimum absolute atomic E-state index is 0.200. The molecule has 0 spiro atoms. The Balaban J connectivity index is 1.61. The van der Waals surface area contributed by atoms with E-state index in [1.54, 1.807) is 6.92 Å². The summed E-state index contributed by atoms with van der Waals surface area (Å²) in [6, 6.07) is 0.588. The van der Waals surface area contributed by atoms with Crippen LogP contribution in [0.5, 0.6) is 0 Å². The van der Waals surface area contributed by atoms with Crippen LogP contribution in [0.3, 0.4) is 0 Å². The van der Waals surface area contributed by atoms with Gasteiger partial charge in [-0.05, 0) is 32.1 Å². The monoisotopic (exact) mass is 266 g/mol. The average Bonchev–Trinajstić information content (AvgIpc) is 2.96. The van der Waals surface area contributed by atoms with Crippen LogP contribution in [0, 0.1) is 5.92 Å². The Morgan fingerprint density at radius 1 is 1.53 bits per heavy atom. The molecular formula is C13H18N2O4. The van der Waals surface area contributed by atoms with Crippen molar-refractivity contribution in [3.63, 3.8) is 0 Å². The Bertz CT molecular complexity index is 455. The summed E-state index contributed by atoms with van der Waals surface area (Å²) in [6.45, 7) is 2.85. The molecule has 6 heteroatoms. The van der Waals surface area contributed by atoms with Crippen LogP contribution in [-0.4, -0.2) is 36.3 Å². The Labute approximate surface area is 111 Å². The molecule has 1 saturated heterocycles. The van der Waals surface area contributed by atoms with Gasteiger partial charge in [-0.1, -0.05) is 0 Å². The predicted octanol–water partition coefficient (Wildman–Crippen LogP) is 1.83. The van der Waals surface area contributed by atoms with Crippen molar-refractivity contribution in [2.45, 2.75) is 38.3 Å².